The quantitative estimate of drug-likeness (QED) is 0.143. The van der Waals surface area contributed by atoms with E-state index in [0.29, 0.717) is 0 Å². The highest BCUT2D eigenvalue weighted by molar-refractivity contribution is 5.55. The third-order valence-corrected chi connectivity index (χ3v) is 8.36. The number of ether oxygens (including phenoxy) is 2. The first-order valence-corrected chi connectivity index (χ1v) is 11.8. The fraction of sp³-hybridized carbons (Fsp3) is 1.00. The second kappa shape index (κ2) is 10.2. The Morgan fingerprint density at radius 1 is 0.370 bits per heavy atom. The highest BCUT2D eigenvalue weighted by Gasteiger charge is 3.24. The van der Waals surface area contributed by atoms with E-state index in [9.17, 15) is 88.0 Å². The van der Waals surface area contributed by atoms with Crippen molar-refractivity contribution in [3.63, 3.8) is 0 Å². The van der Waals surface area contributed by atoms with Crippen LogP contribution in [0.3, 0.4) is 0 Å². The Balaban J connectivity index is 2.75. The molecule has 4 nitrogen and oxygen atoms in total. The Hall–Kier alpha value is -2.40. The smallest absolute Gasteiger partial charge is 0.350 e. The van der Waals surface area contributed by atoms with Gasteiger partial charge < -0.3 is 5.11 Å². The number of alkyl halides is 30. The molecule has 0 aromatic carbocycles. The molecule has 4 saturated carbocycles. The summed E-state index contributed by atoms with van der Waals surface area (Å²) in [4.78, 5) is 0. The Morgan fingerprint density at radius 3 is 0.870 bits per heavy atom. The van der Waals surface area contributed by atoms with Crippen molar-refractivity contribution in [2.75, 3.05) is 0 Å². The Bertz CT molecular complexity index is 1500. The number of nitrogens with zero attached hydrogens (tertiary/aromatic N) is 1. The minimum atomic E-state index is -9.98. The third-order valence-electron chi connectivity index (χ3n) is 8.36. The average molecular weight is 887 g/mol. The predicted molar refractivity (Wildman–Crippen MR) is 90.8 cm³/mol. The maximum Gasteiger partial charge on any atom is 0.459 e. The number of hydrogen-bond donors (Lipinski definition) is 1. The Morgan fingerprint density at radius 2 is 0.630 bits per heavy atom. The fourth-order valence-electron chi connectivity index (χ4n) is 5.67. The van der Waals surface area contributed by atoms with Crippen molar-refractivity contribution < 1.29 is 155 Å². The van der Waals surface area contributed by atoms with Crippen LogP contribution in [0.25, 0.3) is 0 Å². The van der Waals surface area contributed by atoms with Crippen molar-refractivity contribution in [2.45, 2.75) is 106 Å². The van der Waals surface area contributed by atoms with Gasteiger partial charge in [0.2, 0.25) is 0 Å². The fourth-order valence-corrected chi connectivity index (χ4v) is 5.67. The third kappa shape index (κ3) is 3.71. The molecule has 4 atom stereocenters. The predicted octanol–water partition coefficient (Wildman–Crippen LogP) is 8.74. The monoisotopic (exact) mass is 887 g/mol. The summed E-state index contributed by atoms with van der Waals surface area (Å²) in [5.41, 5.74) is -38.6. The van der Waals surface area contributed by atoms with Gasteiger partial charge in [-0.1, -0.05) is 8.96 Å². The minimum absolute atomic E-state index is 1.10. The number of rotatable bonds is 9. The lowest BCUT2D eigenvalue weighted by Crippen LogP contribution is -3.11. The van der Waals surface area contributed by atoms with Gasteiger partial charge in [-0.25, -0.2) is 13.2 Å². The largest absolute Gasteiger partial charge is 0.459 e. The molecule has 4 fully saturated rings. The summed E-state index contributed by atoms with van der Waals surface area (Å²) in [5.74, 6) is -93.7. The van der Waals surface area contributed by atoms with E-state index in [1.807, 2.05) is 0 Å². The Kier molecular flexibility index (Phi) is 8.67. The van der Waals surface area contributed by atoms with Gasteiger partial charge in [0.05, 0.1) is 5.34 Å². The van der Waals surface area contributed by atoms with Gasteiger partial charge in [-0.3, -0.25) is 9.47 Å². The lowest BCUT2D eigenvalue weighted by atomic mass is 9.39. The molecule has 4 bridgehead atoms. The van der Waals surface area contributed by atoms with Crippen molar-refractivity contribution in [3.05, 3.63) is 0 Å². The van der Waals surface area contributed by atoms with Crippen LogP contribution in [-0.4, -0.2) is 117 Å². The van der Waals surface area contributed by atoms with Crippen LogP contribution >= 0.6 is 0 Å². The molecule has 36 heteroatoms. The van der Waals surface area contributed by atoms with E-state index < -0.39 is 111 Å². The highest BCUT2D eigenvalue weighted by Crippen LogP contribution is 2.89. The van der Waals surface area contributed by atoms with Crippen molar-refractivity contribution in [1.82, 2.24) is 5.34 Å². The van der Waals surface area contributed by atoms with Gasteiger partial charge in [0.15, 0.2) is 0 Å². The maximum absolute atomic E-state index is 15.7. The molecule has 4 unspecified atom stereocenters. The van der Waals surface area contributed by atoms with Crippen molar-refractivity contribution in [3.8, 4) is 0 Å². The molecule has 320 valence electrons. The zero-order valence-electron chi connectivity index (χ0n) is 22.8. The average Bonchev–Trinajstić information content (AvgIpc) is 2.92. The highest BCUT2D eigenvalue weighted by atomic mass is 19.4. The molecule has 1 N–H and O–H groups in total. The van der Waals surface area contributed by atoms with Gasteiger partial charge in [-0.2, -0.15) is 119 Å². The van der Waals surface area contributed by atoms with E-state index in [-0.39, 0.29) is 0 Å². The van der Waals surface area contributed by atoms with E-state index in [1.54, 1.807) is 0 Å². The summed E-state index contributed by atoms with van der Waals surface area (Å²) in [7, 11) is 0. The van der Waals surface area contributed by atoms with Crippen molar-refractivity contribution in [2.24, 2.45) is 0 Å². The van der Waals surface area contributed by atoms with E-state index in [0.717, 1.165) is 9.47 Å². The maximum atomic E-state index is 15.7. The molecule has 54 heavy (non-hydrogen) atoms. The SMILES string of the molecule is OC(F)(C(F)(F)OC12C(F)(F)C3(F)C(F)(F)C(F)(C1(F)F)C(F)(F)C(OC(F)(F)C(F)(N(F)F)C(F)(F)C(F)(F)F)(C3(F)F)C2(F)F)C(F)(F)C(F)(F)F. The van der Waals surface area contributed by atoms with Gasteiger partial charge in [-0.15, -0.1) is 0 Å². The van der Waals surface area contributed by atoms with E-state index in [1.165, 1.54) is 0 Å². The Labute approximate surface area is 268 Å². The van der Waals surface area contributed by atoms with Crippen LogP contribution in [0.15, 0.2) is 0 Å². The minimum Gasteiger partial charge on any atom is -0.350 e. The summed E-state index contributed by atoms with van der Waals surface area (Å²) in [6, 6.07) is 0. The van der Waals surface area contributed by atoms with Crippen LogP contribution in [0, 0.1) is 0 Å². The molecular formula is C18HF32NO3. The summed E-state index contributed by atoms with van der Waals surface area (Å²) >= 11 is 0. The lowest BCUT2D eigenvalue weighted by molar-refractivity contribution is -0.660. The first kappa shape index (κ1) is 46.0. The lowest BCUT2D eigenvalue weighted by Gasteiger charge is -2.76. The number of halogens is 32. The molecule has 0 spiro atoms. The van der Waals surface area contributed by atoms with Crippen molar-refractivity contribution in [1.29, 1.82) is 0 Å². The van der Waals surface area contributed by atoms with Crippen LogP contribution in [0.5, 0.6) is 0 Å². The molecule has 0 aromatic heterocycles. The van der Waals surface area contributed by atoms with Crippen LogP contribution in [0.4, 0.5) is 141 Å². The first-order chi connectivity index (χ1) is 22.9. The number of hydrogen-bond acceptors (Lipinski definition) is 4. The van der Waals surface area contributed by atoms with E-state index >= 15 is 52.7 Å². The van der Waals surface area contributed by atoms with Crippen LogP contribution in [0.1, 0.15) is 0 Å². The first-order valence-electron chi connectivity index (χ1n) is 11.8. The molecule has 0 amide bonds. The zero-order valence-corrected chi connectivity index (χ0v) is 22.8. The normalized spacial score (nSPS) is 36.6. The van der Waals surface area contributed by atoms with Gasteiger partial charge >= 0.3 is 94.9 Å². The summed E-state index contributed by atoms with van der Waals surface area (Å²) in [6.45, 7) is 0. The van der Waals surface area contributed by atoms with Gasteiger partial charge in [-0.05, 0) is 0 Å². The van der Waals surface area contributed by atoms with Crippen LogP contribution < -0.4 is 0 Å². The van der Waals surface area contributed by atoms with E-state index in [2.05, 4.69) is 0 Å². The zero-order chi connectivity index (χ0) is 44.0. The molecule has 4 aliphatic carbocycles. The van der Waals surface area contributed by atoms with Gasteiger partial charge in [0.1, 0.15) is 0 Å². The van der Waals surface area contributed by atoms with E-state index in [4.69, 9.17) is 5.11 Å². The molecule has 0 aromatic rings. The molecule has 0 aliphatic heterocycles. The molecule has 0 heterocycles. The number of aliphatic hydroxyl groups is 1. The molecular weight excluding hydrogens is 886 g/mol. The molecule has 0 saturated heterocycles. The molecule has 4 aliphatic rings. The summed E-state index contributed by atoms with van der Waals surface area (Å²) in [5, 5.41) is 3.32. The second-order valence-corrected chi connectivity index (χ2v) is 11.0. The standard InChI is InChI=1S/C18HF32NO3/c19-1-5(21,22)2(20)7(25,26)3(6(1,23)24,53-17(45,46)13(37,51(49)50)11(33,34)15(39,40)41)10(31,32)4(8(1,27)28,9(2,29)30)54-18(47,48)14(38,52)12(35,36)16(42,43)44/h52H. The molecule has 4 rings (SSSR count). The van der Waals surface area contributed by atoms with Gasteiger partial charge in [0, 0.05) is 0 Å². The molecule has 0 radical (unpaired) electrons. The van der Waals surface area contributed by atoms with Crippen LogP contribution in [-0.2, 0) is 9.47 Å². The topological polar surface area (TPSA) is 41.9 Å². The van der Waals surface area contributed by atoms with Crippen molar-refractivity contribution >= 4 is 0 Å². The summed E-state index contributed by atoms with van der Waals surface area (Å²) in [6.07, 6.45) is -35.7. The van der Waals surface area contributed by atoms with Crippen LogP contribution in [0.2, 0.25) is 0 Å². The second-order valence-electron chi connectivity index (χ2n) is 11.0. The summed E-state index contributed by atoms with van der Waals surface area (Å²) < 4.78 is 458. The van der Waals surface area contributed by atoms with Gasteiger partial charge in [0.25, 0.3) is 11.2 Å².